The zero-order valence-electron chi connectivity index (χ0n) is 22.9. The van der Waals surface area contributed by atoms with E-state index in [0.717, 1.165) is 24.0 Å². The monoisotopic (exact) mass is 608 g/mol. The van der Waals surface area contributed by atoms with E-state index in [1.165, 1.54) is 4.31 Å². The summed E-state index contributed by atoms with van der Waals surface area (Å²) in [6.07, 6.45) is 2.64. The van der Waals surface area contributed by atoms with Gasteiger partial charge in [-0.15, -0.1) is 0 Å². The summed E-state index contributed by atoms with van der Waals surface area (Å²) in [4.78, 5) is 16.6. The molecule has 3 aliphatic rings. The van der Waals surface area contributed by atoms with Crippen molar-refractivity contribution < 1.29 is 23.4 Å². The van der Waals surface area contributed by atoms with Crippen molar-refractivity contribution in [2.45, 2.75) is 74.8 Å². The van der Waals surface area contributed by atoms with E-state index in [-0.39, 0.29) is 42.0 Å². The molecular weight excluding hydrogens is 571 g/mol. The number of sulfonamides is 1. The molecule has 10 heteroatoms. The Bertz CT molecular complexity index is 1330. The Morgan fingerprint density at radius 3 is 2.30 bits per heavy atom. The molecular formula is C30H38Cl2N2O5S. The van der Waals surface area contributed by atoms with E-state index in [9.17, 15) is 23.4 Å². The maximum Gasteiger partial charge on any atom is 0.229 e. The van der Waals surface area contributed by atoms with Gasteiger partial charge < -0.3 is 15.1 Å². The van der Waals surface area contributed by atoms with Crippen LogP contribution in [0.3, 0.4) is 0 Å². The average Bonchev–Trinajstić information content (AvgIpc) is 3.82. The van der Waals surface area contributed by atoms with Crippen LogP contribution < -0.4 is 0 Å². The molecule has 2 aliphatic carbocycles. The third-order valence-corrected chi connectivity index (χ3v) is 11.7. The number of amides is 1. The zero-order valence-corrected chi connectivity index (χ0v) is 25.2. The number of benzene rings is 2. The molecule has 0 spiro atoms. The van der Waals surface area contributed by atoms with Gasteiger partial charge in [0.05, 0.1) is 24.0 Å². The van der Waals surface area contributed by atoms with Crippen LogP contribution >= 0.6 is 23.2 Å². The molecule has 1 amide bonds. The number of likely N-dealkylation sites (tertiary alicyclic amines) is 1. The molecule has 2 saturated carbocycles. The van der Waals surface area contributed by atoms with Crippen LogP contribution in [-0.4, -0.2) is 71.3 Å². The van der Waals surface area contributed by atoms with Gasteiger partial charge in [-0.05, 0) is 79.8 Å². The second-order valence-electron chi connectivity index (χ2n) is 12.1. The van der Waals surface area contributed by atoms with Crippen LogP contribution in [0.1, 0.15) is 68.5 Å². The van der Waals surface area contributed by atoms with Crippen LogP contribution in [0.4, 0.5) is 0 Å². The molecule has 1 saturated heterocycles. The third kappa shape index (κ3) is 6.08. The number of nitrogens with zero attached hydrogens (tertiary/aromatic N) is 2. The molecule has 0 aromatic heterocycles. The second-order valence-corrected chi connectivity index (χ2v) is 15.3. The molecule has 1 heterocycles. The Balaban J connectivity index is 1.64. The fourth-order valence-corrected chi connectivity index (χ4v) is 8.38. The molecule has 2 N–H and O–H groups in total. The highest BCUT2D eigenvalue weighted by molar-refractivity contribution is 7.90. The molecule has 2 aromatic carbocycles. The summed E-state index contributed by atoms with van der Waals surface area (Å²) < 4.78 is 27.8. The number of carbonyl (C=O) groups is 1. The first-order valence-electron chi connectivity index (χ1n) is 14.0. The molecule has 5 atom stereocenters. The lowest BCUT2D eigenvalue weighted by Crippen LogP contribution is -2.59. The molecule has 3 fully saturated rings. The highest BCUT2D eigenvalue weighted by atomic mass is 35.5. The lowest BCUT2D eigenvalue weighted by molar-refractivity contribution is -0.158. The van der Waals surface area contributed by atoms with E-state index in [4.69, 9.17) is 23.2 Å². The molecule has 40 heavy (non-hydrogen) atoms. The van der Waals surface area contributed by atoms with Gasteiger partial charge in [-0.25, -0.2) is 12.7 Å². The summed E-state index contributed by atoms with van der Waals surface area (Å²) in [5.74, 6) is -0.159. The highest BCUT2D eigenvalue weighted by Gasteiger charge is 2.55. The maximum absolute atomic E-state index is 14.7. The van der Waals surface area contributed by atoms with Crippen molar-refractivity contribution in [3.8, 4) is 0 Å². The van der Waals surface area contributed by atoms with Crippen molar-refractivity contribution in [1.29, 1.82) is 0 Å². The minimum absolute atomic E-state index is 0.0941. The summed E-state index contributed by atoms with van der Waals surface area (Å²) in [6, 6.07) is 14.4. The van der Waals surface area contributed by atoms with E-state index in [1.807, 2.05) is 60.4 Å². The molecule has 2 unspecified atom stereocenters. The Morgan fingerprint density at radius 2 is 1.73 bits per heavy atom. The standard InChI is InChI=1S/C30H38Cl2N2O5S/c1-30(15-24(36)18-35)16-26(21-4-3-5-23(32)14-21)28(20-8-10-22(31)11-9-20)34(29(30)37)27(19-6-7-19)17-33(2)40(38,39)25-12-13-25/h3-5,8-11,14,19,24-28,35-36H,6-7,12-13,15-18H2,1-2H3/t24?,26-,27?,28-,30+/m1/s1. The normalized spacial score (nSPS) is 27.2. The smallest absolute Gasteiger partial charge is 0.229 e. The van der Waals surface area contributed by atoms with E-state index >= 15 is 0 Å². The van der Waals surface area contributed by atoms with Crippen molar-refractivity contribution in [3.63, 3.8) is 0 Å². The number of likely N-dealkylation sites (N-methyl/N-ethyl adjacent to an activating group) is 1. The Kier molecular flexibility index (Phi) is 8.60. The fourth-order valence-electron chi connectivity index (χ4n) is 6.45. The summed E-state index contributed by atoms with van der Waals surface area (Å²) in [6.45, 7) is 1.62. The molecule has 5 rings (SSSR count). The van der Waals surface area contributed by atoms with Crippen molar-refractivity contribution in [3.05, 3.63) is 69.7 Å². The van der Waals surface area contributed by atoms with Crippen LogP contribution in [0.25, 0.3) is 0 Å². The van der Waals surface area contributed by atoms with Gasteiger partial charge in [0.15, 0.2) is 0 Å². The van der Waals surface area contributed by atoms with Crippen molar-refractivity contribution in [2.24, 2.45) is 11.3 Å². The first-order chi connectivity index (χ1) is 18.9. The van der Waals surface area contributed by atoms with Gasteiger partial charge in [0.1, 0.15) is 0 Å². The summed E-state index contributed by atoms with van der Waals surface area (Å²) in [7, 11) is -1.82. The van der Waals surface area contributed by atoms with Crippen LogP contribution in [0, 0.1) is 11.3 Å². The van der Waals surface area contributed by atoms with Gasteiger partial charge in [0.25, 0.3) is 0 Å². The average molecular weight is 610 g/mol. The van der Waals surface area contributed by atoms with Crippen LogP contribution in [0.2, 0.25) is 10.0 Å². The number of halogens is 2. The van der Waals surface area contributed by atoms with E-state index in [0.29, 0.717) is 29.3 Å². The maximum atomic E-state index is 14.7. The highest BCUT2D eigenvalue weighted by Crippen LogP contribution is 2.54. The zero-order chi connectivity index (χ0) is 28.8. The van der Waals surface area contributed by atoms with Crippen molar-refractivity contribution in [1.82, 2.24) is 9.21 Å². The lowest BCUT2D eigenvalue weighted by Gasteiger charge is -2.53. The number of aliphatic hydroxyl groups excluding tert-OH is 2. The Labute approximate surface area is 247 Å². The number of piperidine rings is 1. The number of aliphatic hydroxyl groups is 2. The predicted molar refractivity (Wildman–Crippen MR) is 157 cm³/mol. The number of hydrogen-bond donors (Lipinski definition) is 2. The molecule has 218 valence electrons. The SMILES string of the molecule is CN(CC(C1CC1)N1C(=O)[C@@](C)(CC(O)CO)C[C@H](c2cccc(Cl)c2)[C@H]1c1ccc(Cl)cc1)S(=O)(=O)C1CC1. The first-order valence-corrected chi connectivity index (χ1v) is 16.3. The minimum Gasteiger partial charge on any atom is -0.394 e. The van der Waals surface area contributed by atoms with Gasteiger partial charge >= 0.3 is 0 Å². The number of carbonyl (C=O) groups excluding carboxylic acids is 1. The second kappa shape index (κ2) is 11.5. The van der Waals surface area contributed by atoms with Gasteiger partial charge in [-0.3, -0.25) is 4.79 Å². The third-order valence-electron chi connectivity index (χ3n) is 8.83. The quantitative estimate of drug-likeness (QED) is 0.374. The minimum atomic E-state index is -3.45. The largest absolute Gasteiger partial charge is 0.394 e. The van der Waals surface area contributed by atoms with Gasteiger partial charge in [-0.2, -0.15) is 0 Å². The van der Waals surface area contributed by atoms with Crippen molar-refractivity contribution >= 4 is 39.1 Å². The molecule has 1 aliphatic heterocycles. The van der Waals surface area contributed by atoms with E-state index in [1.54, 1.807) is 7.05 Å². The van der Waals surface area contributed by atoms with Gasteiger partial charge in [0.2, 0.25) is 15.9 Å². The fraction of sp³-hybridized carbons (Fsp3) is 0.567. The van der Waals surface area contributed by atoms with E-state index in [2.05, 4.69) is 0 Å². The van der Waals surface area contributed by atoms with Crippen LogP contribution in [0.5, 0.6) is 0 Å². The van der Waals surface area contributed by atoms with E-state index < -0.39 is 34.2 Å². The molecule has 7 nitrogen and oxygen atoms in total. The Morgan fingerprint density at radius 1 is 1.05 bits per heavy atom. The molecule has 0 bridgehead atoms. The van der Waals surface area contributed by atoms with Gasteiger partial charge in [-0.1, -0.05) is 54.4 Å². The summed E-state index contributed by atoms with van der Waals surface area (Å²) in [5, 5.41) is 21.1. The Hall–Kier alpha value is -1.68. The van der Waals surface area contributed by atoms with Crippen LogP contribution in [0.15, 0.2) is 48.5 Å². The molecule has 0 radical (unpaired) electrons. The summed E-state index contributed by atoms with van der Waals surface area (Å²) in [5.41, 5.74) is 0.882. The topological polar surface area (TPSA) is 98.2 Å². The summed E-state index contributed by atoms with van der Waals surface area (Å²) >= 11 is 12.7. The first kappa shape index (κ1) is 29.8. The molecule has 2 aromatic rings. The van der Waals surface area contributed by atoms with Crippen LogP contribution in [-0.2, 0) is 14.8 Å². The van der Waals surface area contributed by atoms with Gasteiger partial charge in [0, 0.05) is 41.0 Å². The predicted octanol–water partition coefficient (Wildman–Crippen LogP) is 5.00. The van der Waals surface area contributed by atoms with Crippen molar-refractivity contribution in [2.75, 3.05) is 20.2 Å². The number of rotatable bonds is 11. The number of hydrogen-bond acceptors (Lipinski definition) is 5. The lowest BCUT2D eigenvalue weighted by atomic mass is 9.66.